The van der Waals surface area contributed by atoms with Gasteiger partial charge in [0.05, 0.1) is 31.2 Å². The van der Waals surface area contributed by atoms with Gasteiger partial charge in [-0.25, -0.2) is 4.39 Å². The molecule has 6 heteroatoms. The molecule has 0 bridgehead atoms. The first-order chi connectivity index (χ1) is 7.38. The Kier molecular flexibility index (Phi) is 4.85. The Morgan fingerprint density at radius 1 is 1.50 bits per heavy atom. The predicted molar refractivity (Wildman–Crippen MR) is 61.5 cm³/mol. The Labute approximate surface area is 98.9 Å². The number of hydrogen-bond acceptors (Lipinski definition) is 3. The van der Waals surface area contributed by atoms with Crippen LogP contribution in [0, 0.1) is 0 Å². The average molecular weight is 246 g/mol. The summed E-state index contributed by atoms with van der Waals surface area (Å²) in [6, 6.07) is 3.72. The smallest absolute Gasteiger partial charge is 0.122 e. The lowest BCUT2D eigenvalue weighted by Crippen LogP contribution is -1.99. The third-order valence-corrected chi connectivity index (χ3v) is 1.99. The van der Waals surface area contributed by atoms with Gasteiger partial charge in [0, 0.05) is 6.20 Å². The van der Waals surface area contributed by atoms with E-state index in [0.29, 0.717) is 13.1 Å². The van der Waals surface area contributed by atoms with E-state index in [2.05, 4.69) is 10.4 Å². The molecule has 1 N–H and O–H groups in total. The van der Waals surface area contributed by atoms with Crippen molar-refractivity contribution in [1.82, 2.24) is 9.78 Å². The molecule has 0 aromatic carbocycles. The van der Waals surface area contributed by atoms with Crippen molar-refractivity contribution in [1.29, 1.82) is 0 Å². The lowest BCUT2D eigenvalue weighted by Gasteiger charge is -1.99. The van der Waals surface area contributed by atoms with Gasteiger partial charge in [-0.2, -0.15) is 5.10 Å². The van der Waals surface area contributed by atoms with Crippen LogP contribution in [-0.4, -0.2) is 16.5 Å². The van der Waals surface area contributed by atoms with E-state index in [1.807, 2.05) is 12.1 Å². The number of rotatable bonds is 5. The highest BCUT2D eigenvalue weighted by atomic mass is 35.5. The molecule has 2 rings (SSSR count). The zero-order valence-electron chi connectivity index (χ0n) is 8.60. The van der Waals surface area contributed by atoms with Crippen LogP contribution in [0.25, 0.3) is 0 Å². The largest absolute Gasteiger partial charge is 0.467 e. The van der Waals surface area contributed by atoms with Crippen molar-refractivity contribution < 1.29 is 8.81 Å². The van der Waals surface area contributed by atoms with E-state index in [1.165, 1.54) is 0 Å². The van der Waals surface area contributed by atoms with Gasteiger partial charge in [0.15, 0.2) is 0 Å². The number of furan rings is 1. The van der Waals surface area contributed by atoms with Crippen molar-refractivity contribution in [3.63, 3.8) is 0 Å². The van der Waals surface area contributed by atoms with Gasteiger partial charge in [0.2, 0.25) is 0 Å². The van der Waals surface area contributed by atoms with Gasteiger partial charge in [0.1, 0.15) is 12.4 Å². The van der Waals surface area contributed by atoms with Crippen molar-refractivity contribution in [2.45, 2.75) is 13.1 Å². The minimum Gasteiger partial charge on any atom is -0.467 e. The van der Waals surface area contributed by atoms with Crippen LogP contribution in [0.4, 0.5) is 10.1 Å². The average Bonchev–Trinajstić information content (AvgIpc) is 2.85. The second kappa shape index (κ2) is 6.17. The molecular weight excluding hydrogens is 233 g/mol. The Morgan fingerprint density at radius 3 is 3.06 bits per heavy atom. The molecule has 0 saturated heterocycles. The van der Waals surface area contributed by atoms with Crippen molar-refractivity contribution in [2.24, 2.45) is 0 Å². The molecule has 0 radical (unpaired) electrons. The van der Waals surface area contributed by atoms with E-state index < -0.39 is 6.67 Å². The first-order valence-electron chi connectivity index (χ1n) is 4.73. The van der Waals surface area contributed by atoms with Crippen LogP contribution in [0.2, 0.25) is 0 Å². The standard InChI is InChI=1S/C10H12FN3O.ClH/c11-3-4-14-8-9(6-13-14)12-7-10-2-1-5-15-10;/h1-2,5-6,8,12H,3-4,7H2;1H. The van der Waals surface area contributed by atoms with Gasteiger partial charge in [-0.05, 0) is 12.1 Å². The van der Waals surface area contributed by atoms with Crippen LogP contribution >= 0.6 is 12.4 Å². The first kappa shape index (κ1) is 12.6. The van der Waals surface area contributed by atoms with Gasteiger partial charge in [-0.1, -0.05) is 0 Å². The monoisotopic (exact) mass is 245 g/mol. The van der Waals surface area contributed by atoms with Crippen molar-refractivity contribution in [2.75, 3.05) is 12.0 Å². The maximum atomic E-state index is 12.0. The minimum absolute atomic E-state index is 0. The topological polar surface area (TPSA) is 43.0 Å². The van der Waals surface area contributed by atoms with Crippen LogP contribution in [0.1, 0.15) is 5.76 Å². The Hall–Kier alpha value is -1.49. The molecule has 88 valence electrons. The third kappa shape index (κ3) is 3.27. The fourth-order valence-corrected chi connectivity index (χ4v) is 1.27. The highest BCUT2D eigenvalue weighted by Gasteiger charge is 1.99. The first-order valence-corrected chi connectivity index (χ1v) is 4.73. The van der Waals surface area contributed by atoms with Crippen molar-refractivity contribution >= 4 is 18.1 Å². The van der Waals surface area contributed by atoms with Gasteiger partial charge in [-0.15, -0.1) is 12.4 Å². The van der Waals surface area contributed by atoms with Gasteiger partial charge >= 0.3 is 0 Å². The van der Waals surface area contributed by atoms with Crippen LogP contribution < -0.4 is 5.32 Å². The molecule has 0 aliphatic rings. The summed E-state index contributed by atoms with van der Waals surface area (Å²) in [6.07, 6.45) is 5.06. The van der Waals surface area contributed by atoms with E-state index in [0.717, 1.165) is 11.4 Å². The maximum Gasteiger partial charge on any atom is 0.122 e. The molecular formula is C10H13ClFN3O. The summed E-state index contributed by atoms with van der Waals surface area (Å²) >= 11 is 0. The Balaban J connectivity index is 0.00000128. The quantitative estimate of drug-likeness (QED) is 0.880. The Bertz CT molecular complexity index is 402. The number of anilines is 1. The zero-order valence-corrected chi connectivity index (χ0v) is 9.41. The fourth-order valence-electron chi connectivity index (χ4n) is 1.27. The van der Waals surface area contributed by atoms with Gasteiger partial charge in [-0.3, -0.25) is 4.68 Å². The van der Waals surface area contributed by atoms with E-state index >= 15 is 0 Å². The van der Waals surface area contributed by atoms with E-state index in [9.17, 15) is 4.39 Å². The molecule has 0 aliphatic heterocycles. The van der Waals surface area contributed by atoms with Crippen LogP contribution in [0.3, 0.4) is 0 Å². The summed E-state index contributed by atoms with van der Waals surface area (Å²) in [4.78, 5) is 0. The zero-order chi connectivity index (χ0) is 10.5. The number of nitrogens with zero attached hydrogens (tertiary/aromatic N) is 2. The molecule has 0 amide bonds. The van der Waals surface area contributed by atoms with Crippen molar-refractivity contribution in [3.05, 3.63) is 36.5 Å². The second-order valence-electron chi connectivity index (χ2n) is 3.11. The molecule has 0 spiro atoms. The fraction of sp³-hybridized carbons (Fsp3) is 0.300. The summed E-state index contributed by atoms with van der Waals surface area (Å²) in [6.45, 7) is 0.496. The van der Waals surface area contributed by atoms with Crippen LogP contribution in [-0.2, 0) is 13.1 Å². The summed E-state index contributed by atoms with van der Waals surface area (Å²) in [7, 11) is 0. The molecule has 4 nitrogen and oxygen atoms in total. The molecule has 0 saturated carbocycles. The number of hydrogen-bond donors (Lipinski definition) is 1. The predicted octanol–water partition coefficient (Wildman–Crippen LogP) is 2.48. The van der Waals surface area contributed by atoms with Gasteiger partial charge < -0.3 is 9.73 Å². The maximum absolute atomic E-state index is 12.0. The summed E-state index contributed by atoms with van der Waals surface area (Å²) < 4.78 is 18.7. The molecule has 0 atom stereocenters. The normalized spacial score (nSPS) is 9.81. The molecule has 0 aliphatic carbocycles. The molecule has 0 unspecified atom stereocenters. The molecule has 16 heavy (non-hydrogen) atoms. The van der Waals surface area contributed by atoms with E-state index in [4.69, 9.17) is 4.42 Å². The van der Waals surface area contributed by atoms with E-state index in [1.54, 1.807) is 23.3 Å². The highest BCUT2D eigenvalue weighted by molar-refractivity contribution is 5.85. The number of halogens is 2. The number of nitrogens with one attached hydrogen (secondary N) is 1. The number of alkyl halides is 1. The third-order valence-electron chi connectivity index (χ3n) is 1.99. The highest BCUT2D eigenvalue weighted by Crippen LogP contribution is 2.08. The number of aromatic nitrogens is 2. The summed E-state index contributed by atoms with van der Waals surface area (Å²) in [5, 5.41) is 7.12. The second-order valence-corrected chi connectivity index (χ2v) is 3.11. The molecule has 0 fully saturated rings. The Morgan fingerprint density at radius 2 is 2.38 bits per heavy atom. The van der Waals surface area contributed by atoms with Crippen molar-refractivity contribution in [3.8, 4) is 0 Å². The molecule has 2 heterocycles. The van der Waals surface area contributed by atoms with Crippen LogP contribution in [0.15, 0.2) is 35.2 Å². The molecule has 2 aromatic rings. The number of aryl methyl sites for hydroxylation is 1. The summed E-state index contributed by atoms with van der Waals surface area (Å²) in [5.41, 5.74) is 0.861. The lowest BCUT2D eigenvalue weighted by atomic mass is 10.4. The van der Waals surface area contributed by atoms with E-state index in [-0.39, 0.29) is 12.4 Å². The summed E-state index contributed by atoms with van der Waals surface area (Å²) in [5.74, 6) is 0.855. The van der Waals surface area contributed by atoms with Gasteiger partial charge in [0.25, 0.3) is 0 Å². The minimum atomic E-state index is -0.403. The lowest BCUT2D eigenvalue weighted by molar-refractivity contribution is 0.427. The SMILES string of the molecule is Cl.FCCn1cc(NCc2ccco2)cn1. The van der Waals surface area contributed by atoms with Crippen LogP contribution in [0.5, 0.6) is 0 Å². The molecule has 2 aromatic heterocycles.